The SMILES string of the molecule is CCOC(=O)c1c2c(n(C)c1C)C(=O)C=C(C)C2=O. The molecule has 0 aromatic carbocycles. The highest BCUT2D eigenvalue weighted by Gasteiger charge is 2.34. The lowest BCUT2D eigenvalue weighted by atomic mass is 9.92. The summed E-state index contributed by atoms with van der Waals surface area (Å²) in [5.74, 6) is -1.11. The van der Waals surface area contributed by atoms with Gasteiger partial charge < -0.3 is 9.30 Å². The number of hydrogen-bond acceptors (Lipinski definition) is 4. The van der Waals surface area contributed by atoms with Crippen LogP contribution in [0.15, 0.2) is 11.6 Å². The van der Waals surface area contributed by atoms with E-state index in [0.29, 0.717) is 11.3 Å². The molecule has 0 atom stereocenters. The lowest BCUT2D eigenvalue weighted by Gasteiger charge is -2.11. The van der Waals surface area contributed by atoms with Gasteiger partial charge in [-0.1, -0.05) is 0 Å². The van der Waals surface area contributed by atoms with Crippen molar-refractivity contribution in [2.75, 3.05) is 6.61 Å². The van der Waals surface area contributed by atoms with E-state index in [0.717, 1.165) is 0 Å². The maximum atomic E-state index is 12.2. The molecule has 0 unspecified atom stereocenters. The number of nitrogens with zero attached hydrogens (tertiary/aromatic N) is 1. The molecule has 0 amide bonds. The Hall–Kier alpha value is -2.17. The first-order valence-electron chi connectivity index (χ1n) is 6.03. The Morgan fingerprint density at radius 2 is 1.95 bits per heavy atom. The number of esters is 1. The molecule has 5 heteroatoms. The van der Waals surface area contributed by atoms with Gasteiger partial charge in [0.15, 0.2) is 5.78 Å². The molecule has 19 heavy (non-hydrogen) atoms. The van der Waals surface area contributed by atoms with Gasteiger partial charge in [0.05, 0.1) is 17.7 Å². The van der Waals surface area contributed by atoms with Gasteiger partial charge in [-0.15, -0.1) is 0 Å². The molecule has 1 aliphatic rings. The van der Waals surface area contributed by atoms with Gasteiger partial charge >= 0.3 is 5.97 Å². The largest absolute Gasteiger partial charge is 0.462 e. The van der Waals surface area contributed by atoms with E-state index in [1.807, 2.05) is 0 Å². The summed E-state index contributed by atoms with van der Waals surface area (Å²) in [5.41, 5.74) is 1.53. The highest BCUT2D eigenvalue weighted by Crippen LogP contribution is 2.29. The molecule has 0 radical (unpaired) electrons. The summed E-state index contributed by atoms with van der Waals surface area (Å²) < 4.78 is 6.55. The fraction of sp³-hybridized carbons (Fsp3) is 0.357. The van der Waals surface area contributed by atoms with Crippen LogP contribution in [-0.4, -0.2) is 28.7 Å². The zero-order valence-electron chi connectivity index (χ0n) is 11.4. The molecule has 5 nitrogen and oxygen atoms in total. The number of ether oxygens (including phenoxy) is 1. The van der Waals surface area contributed by atoms with Crippen LogP contribution in [0.25, 0.3) is 0 Å². The summed E-state index contributed by atoms with van der Waals surface area (Å²) in [6.07, 6.45) is 1.30. The van der Waals surface area contributed by atoms with Crippen LogP contribution >= 0.6 is 0 Å². The first kappa shape index (κ1) is 13.3. The van der Waals surface area contributed by atoms with Crippen LogP contribution in [0.4, 0.5) is 0 Å². The second-order valence-corrected chi connectivity index (χ2v) is 4.48. The Balaban J connectivity index is 2.73. The molecule has 0 aliphatic heterocycles. The van der Waals surface area contributed by atoms with Gasteiger partial charge in [-0.25, -0.2) is 4.79 Å². The third-order valence-corrected chi connectivity index (χ3v) is 3.33. The van der Waals surface area contributed by atoms with Crippen molar-refractivity contribution in [2.45, 2.75) is 20.8 Å². The number of ketones is 2. The smallest absolute Gasteiger partial charge is 0.340 e. The summed E-state index contributed by atoms with van der Waals surface area (Å²) in [6, 6.07) is 0. The van der Waals surface area contributed by atoms with Crippen molar-refractivity contribution in [1.29, 1.82) is 0 Å². The second-order valence-electron chi connectivity index (χ2n) is 4.48. The van der Waals surface area contributed by atoms with E-state index in [9.17, 15) is 14.4 Å². The third kappa shape index (κ3) is 1.82. The standard InChI is InChI=1S/C14H15NO4/c1-5-19-14(18)10-8(3)15(4)12-9(16)6-7(2)13(17)11(10)12/h6H,5H2,1-4H3. The molecular weight excluding hydrogens is 246 g/mol. The van der Waals surface area contributed by atoms with Crippen molar-refractivity contribution in [3.8, 4) is 0 Å². The van der Waals surface area contributed by atoms with Crippen LogP contribution in [0.3, 0.4) is 0 Å². The number of carbonyl (C=O) groups excluding carboxylic acids is 3. The van der Waals surface area contributed by atoms with E-state index in [-0.39, 0.29) is 35.0 Å². The van der Waals surface area contributed by atoms with Crippen LogP contribution < -0.4 is 0 Å². The van der Waals surface area contributed by atoms with E-state index in [2.05, 4.69) is 0 Å². The quantitative estimate of drug-likeness (QED) is 0.762. The fourth-order valence-corrected chi connectivity index (χ4v) is 2.29. The van der Waals surface area contributed by atoms with Crippen molar-refractivity contribution in [3.63, 3.8) is 0 Å². The van der Waals surface area contributed by atoms with Crippen molar-refractivity contribution in [2.24, 2.45) is 7.05 Å². The average molecular weight is 261 g/mol. The maximum Gasteiger partial charge on any atom is 0.340 e. The molecule has 0 saturated heterocycles. The number of fused-ring (bicyclic) bond motifs is 1. The monoisotopic (exact) mass is 261 g/mol. The number of Topliss-reactive ketones (excluding diaryl/α,β-unsaturated/α-hetero) is 1. The van der Waals surface area contributed by atoms with E-state index in [1.54, 1.807) is 32.4 Å². The zero-order valence-corrected chi connectivity index (χ0v) is 11.4. The van der Waals surface area contributed by atoms with E-state index < -0.39 is 5.97 Å². The topological polar surface area (TPSA) is 65.4 Å². The molecule has 1 aromatic rings. The van der Waals surface area contributed by atoms with E-state index >= 15 is 0 Å². The predicted molar refractivity (Wildman–Crippen MR) is 68.5 cm³/mol. The van der Waals surface area contributed by atoms with Gasteiger partial charge in [-0.3, -0.25) is 9.59 Å². The number of allylic oxidation sites excluding steroid dienone is 2. The summed E-state index contributed by atoms with van der Waals surface area (Å²) in [6.45, 7) is 5.18. The zero-order chi connectivity index (χ0) is 14.3. The summed E-state index contributed by atoms with van der Waals surface area (Å²) in [4.78, 5) is 36.2. The van der Waals surface area contributed by atoms with Crippen molar-refractivity contribution in [1.82, 2.24) is 4.57 Å². The highest BCUT2D eigenvalue weighted by molar-refractivity contribution is 6.27. The molecule has 0 spiro atoms. The Kier molecular flexibility index (Phi) is 3.14. The van der Waals surface area contributed by atoms with Gasteiger partial charge in [-0.05, 0) is 26.8 Å². The lowest BCUT2D eigenvalue weighted by molar-refractivity contribution is 0.0522. The van der Waals surface area contributed by atoms with Crippen LogP contribution in [-0.2, 0) is 11.8 Å². The molecule has 0 bridgehead atoms. The molecule has 100 valence electrons. The fourth-order valence-electron chi connectivity index (χ4n) is 2.29. The van der Waals surface area contributed by atoms with E-state index in [1.165, 1.54) is 6.08 Å². The van der Waals surface area contributed by atoms with Crippen LogP contribution in [0.2, 0.25) is 0 Å². The summed E-state index contributed by atoms with van der Waals surface area (Å²) in [5, 5.41) is 0. The minimum atomic E-state index is -0.562. The van der Waals surface area contributed by atoms with Crippen LogP contribution in [0.5, 0.6) is 0 Å². The first-order chi connectivity index (χ1) is 8.90. The normalized spacial score (nSPS) is 14.2. The minimum absolute atomic E-state index is 0.170. The van der Waals surface area contributed by atoms with Crippen molar-refractivity contribution < 1.29 is 19.1 Å². The second kappa shape index (κ2) is 4.50. The minimum Gasteiger partial charge on any atom is -0.462 e. The number of hydrogen-bond donors (Lipinski definition) is 0. The van der Waals surface area contributed by atoms with Crippen molar-refractivity contribution >= 4 is 17.5 Å². The highest BCUT2D eigenvalue weighted by atomic mass is 16.5. The first-order valence-corrected chi connectivity index (χ1v) is 6.03. The molecule has 0 fully saturated rings. The molecular formula is C14H15NO4. The van der Waals surface area contributed by atoms with Gasteiger partial charge in [0.25, 0.3) is 0 Å². The number of carbonyl (C=O) groups is 3. The van der Waals surface area contributed by atoms with Gasteiger partial charge in [0.1, 0.15) is 5.69 Å². The third-order valence-electron chi connectivity index (χ3n) is 3.33. The number of rotatable bonds is 2. The maximum absolute atomic E-state index is 12.2. The molecule has 0 N–H and O–H groups in total. The van der Waals surface area contributed by atoms with Crippen molar-refractivity contribution in [3.05, 3.63) is 34.2 Å². The number of aromatic nitrogens is 1. The van der Waals surface area contributed by atoms with Crippen LogP contribution in [0.1, 0.15) is 50.7 Å². The Bertz CT molecular complexity index is 634. The van der Waals surface area contributed by atoms with Crippen LogP contribution in [0, 0.1) is 6.92 Å². The lowest BCUT2D eigenvalue weighted by Crippen LogP contribution is -2.19. The molecule has 0 saturated carbocycles. The Morgan fingerprint density at radius 1 is 1.32 bits per heavy atom. The van der Waals surface area contributed by atoms with Gasteiger partial charge in [0, 0.05) is 18.3 Å². The molecule has 1 aromatic heterocycles. The molecule has 2 rings (SSSR count). The summed E-state index contributed by atoms with van der Waals surface area (Å²) >= 11 is 0. The Labute approximate surface area is 110 Å². The molecule has 1 aliphatic carbocycles. The molecule has 1 heterocycles. The Morgan fingerprint density at radius 3 is 2.53 bits per heavy atom. The predicted octanol–water partition coefficient (Wildman–Crippen LogP) is 1.84. The van der Waals surface area contributed by atoms with E-state index in [4.69, 9.17) is 4.74 Å². The van der Waals surface area contributed by atoms with Gasteiger partial charge in [-0.2, -0.15) is 0 Å². The summed E-state index contributed by atoms with van der Waals surface area (Å²) in [7, 11) is 1.66. The van der Waals surface area contributed by atoms with Gasteiger partial charge in [0.2, 0.25) is 5.78 Å². The average Bonchev–Trinajstić information content (AvgIpc) is 2.60.